The Labute approximate surface area is 70.5 Å². The van der Waals surface area contributed by atoms with E-state index in [1.807, 2.05) is 0 Å². The molecular weight excluding hydrogens is 154 g/mol. The van der Waals surface area contributed by atoms with Crippen LogP contribution in [0.4, 0.5) is 11.5 Å². The highest BCUT2D eigenvalue weighted by Gasteiger charge is 2.07. The van der Waals surface area contributed by atoms with E-state index in [-0.39, 0.29) is 0 Å². The van der Waals surface area contributed by atoms with Crippen molar-refractivity contribution in [3.63, 3.8) is 0 Å². The Bertz CT molecular complexity index is 307. The second-order valence-corrected chi connectivity index (χ2v) is 2.36. The molecule has 0 saturated carbocycles. The van der Waals surface area contributed by atoms with Gasteiger partial charge in [0.2, 0.25) is 0 Å². The lowest BCUT2D eigenvalue weighted by Crippen LogP contribution is -2.07. The van der Waals surface area contributed by atoms with Gasteiger partial charge in [-0.15, -0.1) is 0 Å². The molecule has 0 amide bonds. The lowest BCUT2D eigenvalue weighted by atomic mass is 10.2. The normalized spacial score (nSPS) is 9.50. The molecule has 1 aromatic heterocycles. The van der Waals surface area contributed by atoms with Crippen molar-refractivity contribution in [3.8, 4) is 0 Å². The van der Waals surface area contributed by atoms with Crippen molar-refractivity contribution in [3.05, 3.63) is 12.0 Å². The largest absolute Gasteiger partial charge is 0.383 e. The number of hydrogen-bond acceptors (Lipinski definition) is 5. The number of anilines is 2. The molecule has 5 nitrogen and oxygen atoms in total. The van der Waals surface area contributed by atoms with Crippen LogP contribution in [-0.2, 0) is 0 Å². The predicted octanol–water partition coefficient (Wildman–Crippen LogP) is 0.488. The Balaban J connectivity index is 3.27. The zero-order valence-electron chi connectivity index (χ0n) is 7.05. The van der Waals surface area contributed by atoms with E-state index in [4.69, 9.17) is 11.1 Å². The van der Waals surface area contributed by atoms with Gasteiger partial charge in [-0.2, -0.15) is 0 Å². The van der Waals surface area contributed by atoms with Crippen molar-refractivity contribution >= 4 is 17.2 Å². The van der Waals surface area contributed by atoms with Crippen LogP contribution in [0.3, 0.4) is 0 Å². The molecule has 0 radical (unpaired) electrons. The first-order valence-electron chi connectivity index (χ1n) is 3.50. The van der Waals surface area contributed by atoms with Gasteiger partial charge >= 0.3 is 0 Å². The zero-order valence-corrected chi connectivity index (χ0v) is 7.05. The second kappa shape index (κ2) is 3.17. The van der Waals surface area contributed by atoms with Crippen LogP contribution in [0, 0.1) is 5.41 Å². The van der Waals surface area contributed by atoms with Crippen LogP contribution in [0.15, 0.2) is 6.33 Å². The molecule has 0 bridgehead atoms. The molecule has 0 unspecified atom stereocenters. The molecule has 1 rings (SSSR count). The van der Waals surface area contributed by atoms with Crippen molar-refractivity contribution in [2.45, 2.75) is 6.92 Å². The lowest BCUT2D eigenvalue weighted by Gasteiger charge is -2.07. The van der Waals surface area contributed by atoms with Crippen molar-refractivity contribution in [2.75, 3.05) is 18.1 Å². The van der Waals surface area contributed by atoms with Crippen LogP contribution >= 0.6 is 0 Å². The summed E-state index contributed by atoms with van der Waals surface area (Å²) in [5.41, 5.74) is 7.09. The average molecular weight is 165 g/mol. The van der Waals surface area contributed by atoms with E-state index in [0.717, 1.165) is 0 Å². The highest BCUT2D eigenvalue weighted by Crippen LogP contribution is 2.17. The van der Waals surface area contributed by atoms with Crippen molar-refractivity contribution in [2.24, 2.45) is 0 Å². The predicted molar refractivity (Wildman–Crippen MR) is 48.5 cm³/mol. The molecule has 0 aliphatic carbocycles. The lowest BCUT2D eigenvalue weighted by molar-refractivity contribution is 1.15. The van der Waals surface area contributed by atoms with Crippen molar-refractivity contribution < 1.29 is 0 Å². The van der Waals surface area contributed by atoms with E-state index < -0.39 is 0 Å². The summed E-state index contributed by atoms with van der Waals surface area (Å²) in [7, 11) is 1.72. The summed E-state index contributed by atoms with van der Waals surface area (Å²) < 4.78 is 0. The number of nitrogens with zero attached hydrogens (tertiary/aromatic N) is 2. The molecule has 0 aliphatic heterocycles. The van der Waals surface area contributed by atoms with Gasteiger partial charge in [0.25, 0.3) is 0 Å². The SMILES string of the molecule is CNc1c(N)ncnc1C(C)=N. The van der Waals surface area contributed by atoms with Crippen LogP contribution in [0.1, 0.15) is 12.6 Å². The first-order chi connectivity index (χ1) is 5.66. The number of nitrogen functional groups attached to an aromatic ring is 1. The highest BCUT2D eigenvalue weighted by atomic mass is 15.0. The van der Waals surface area contributed by atoms with Gasteiger partial charge in [0.1, 0.15) is 17.7 Å². The van der Waals surface area contributed by atoms with E-state index in [1.165, 1.54) is 6.33 Å². The highest BCUT2D eigenvalue weighted by molar-refractivity contribution is 6.01. The maximum absolute atomic E-state index is 7.39. The molecule has 0 aromatic carbocycles. The molecule has 1 heterocycles. The van der Waals surface area contributed by atoms with Crippen LogP contribution < -0.4 is 11.1 Å². The van der Waals surface area contributed by atoms with E-state index in [0.29, 0.717) is 22.9 Å². The van der Waals surface area contributed by atoms with Crippen molar-refractivity contribution in [1.82, 2.24) is 9.97 Å². The second-order valence-electron chi connectivity index (χ2n) is 2.36. The van der Waals surface area contributed by atoms with Gasteiger partial charge in [-0.3, -0.25) is 0 Å². The van der Waals surface area contributed by atoms with Gasteiger partial charge < -0.3 is 16.5 Å². The quantitative estimate of drug-likeness (QED) is 0.556. The minimum absolute atomic E-state index is 0.369. The number of hydrogen-bond donors (Lipinski definition) is 3. The fourth-order valence-corrected chi connectivity index (χ4v) is 0.930. The Morgan fingerprint density at radius 3 is 2.67 bits per heavy atom. The summed E-state index contributed by atoms with van der Waals surface area (Å²) in [6.07, 6.45) is 1.35. The van der Waals surface area contributed by atoms with E-state index in [1.54, 1.807) is 14.0 Å². The van der Waals surface area contributed by atoms with E-state index in [9.17, 15) is 0 Å². The van der Waals surface area contributed by atoms with Gasteiger partial charge in [-0.25, -0.2) is 9.97 Å². The maximum atomic E-state index is 7.39. The number of rotatable bonds is 2. The van der Waals surface area contributed by atoms with Crippen LogP contribution in [-0.4, -0.2) is 22.7 Å². The van der Waals surface area contributed by atoms with Gasteiger partial charge in [0.05, 0.1) is 5.71 Å². The molecule has 0 aliphatic rings. The summed E-state index contributed by atoms with van der Waals surface area (Å²) >= 11 is 0. The number of nitrogens with two attached hydrogens (primary N) is 1. The fourth-order valence-electron chi connectivity index (χ4n) is 0.930. The summed E-state index contributed by atoms with van der Waals surface area (Å²) in [5, 5.41) is 10.2. The Morgan fingerprint density at radius 1 is 1.58 bits per heavy atom. The Kier molecular flexibility index (Phi) is 2.23. The third kappa shape index (κ3) is 1.34. The van der Waals surface area contributed by atoms with Crippen LogP contribution in [0.5, 0.6) is 0 Å². The van der Waals surface area contributed by atoms with Crippen molar-refractivity contribution in [1.29, 1.82) is 5.41 Å². The zero-order chi connectivity index (χ0) is 9.14. The molecule has 0 atom stereocenters. The average Bonchev–Trinajstić information content (AvgIpc) is 2.03. The van der Waals surface area contributed by atoms with Crippen LogP contribution in [0.2, 0.25) is 0 Å². The molecular formula is C7H11N5. The topological polar surface area (TPSA) is 87.7 Å². The molecule has 5 heteroatoms. The number of nitrogens with one attached hydrogen (secondary N) is 2. The molecule has 64 valence electrons. The molecule has 4 N–H and O–H groups in total. The first-order valence-corrected chi connectivity index (χ1v) is 3.50. The van der Waals surface area contributed by atoms with Crippen LogP contribution in [0.25, 0.3) is 0 Å². The van der Waals surface area contributed by atoms with Gasteiger partial charge in [0, 0.05) is 7.05 Å². The summed E-state index contributed by atoms with van der Waals surface area (Å²) in [4.78, 5) is 7.73. The van der Waals surface area contributed by atoms with Gasteiger partial charge in [-0.1, -0.05) is 0 Å². The third-order valence-electron chi connectivity index (χ3n) is 1.48. The summed E-state index contributed by atoms with van der Waals surface area (Å²) in [6.45, 7) is 1.66. The fraction of sp³-hybridized carbons (Fsp3) is 0.286. The maximum Gasteiger partial charge on any atom is 0.150 e. The molecule has 1 aromatic rings. The monoisotopic (exact) mass is 165 g/mol. The minimum atomic E-state index is 0.369. The third-order valence-corrected chi connectivity index (χ3v) is 1.48. The Morgan fingerprint density at radius 2 is 2.25 bits per heavy atom. The molecule has 12 heavy (non-hydrogen) atoms. The summed E-state index contributed by atoms with van der Waals surface area (Å²) in [5.74, 6) is 0.370. The van der Waals surface area contributed by atoms with E-state index in [2.05, 4.69) is 15.3 Å². The molecule has 0 spiro atoms. The smallest absolute Gasteiger partial charge is 0.150 e. The standard InChI is InChI=1S/C7H11N5/c1-4(8)5-6(10-2)7(9)12-3-11-5/h3,8,10H,1-2H3,(H2,9,11,12). The first kappa shape index (κ1) is 8.45. The minimum Gasteiger partial charge on any atom is -0.383 e. The van der Waals surface area contributed by atoms with Gasteiger partial charge in [-0.05, 0) is 6.92 Å². The van der Waals surface area contributed by atoms with E-state index >= 15 is 0 Å². The number of aromatic nitrogens is 2. The molecule has 0 fully saturated rings. The summed E-state index contributed by atoms with van der Waals surface area (Å²) in [6, 6.07) is 0. The van der Waals surface area contributed by atoms with Gasteiger partial charge in [0.15, 0.2) is 5.82 Å². The molecule has 0 saturated heterocycles. The Hall–Kier alpha value is -1.65.